The van der Waals surface area contributed by atoms with Crippen LogP contribution in [0.2, 0.25) is 5.28 Å². The summed E-state index contributed by atoms with van der Waals surface area (Å²) in [4.78, 5) is 9.33. The van der Waals surface area contributed by atoms with E-state index in [0.717, 1.165) is 19.0 Å². The maximum atomic E-state index is 13.6. The van der Waals surface area contributed by atoms with E-state index in [1.54, 1.807) is 0 Å². The summed E-state index contributed by atoms with van der Waals surface area (Å²) in [6, 6.07) is 0. The van der Waals surface area contributed by atoms with Gasteiger partial charge in [0, 0.05) is 13.1 Å². The number of piperidine rings is 1. The highest BCUT2D eigenvalue weighted by atomic mass is 35.5. The number of aromatic nitrogens is 2. The molecule has 0 amide bonds. The molecule has 0 aromatic carbocycles. The van der Waals surface area contributed by atoms with Gasteiger partial charge >= 0.3 is 0 Å². The van der Waals surface area contributed by atoms with Gasteiger partial charge in [-0.15, -0.1) is 0 Å². The number of nitrogens with zero attached hydrogens (tertiary/aromatic N) is 3. The highest BCUT2D eigenvalue weighted by molar-refractivity contribution is 6.28. The van der Waals surface area contributed by atoms with Crippen LogP contribution in [-0.2, 0) is 4.74 Å². The third-order valence-electron chi connectivity index (χ3n) is 2.88. The first kappa shape index (κ1) is 13.5. The van der Waals surface area contributed by atoms with Crippen molar-refractivity contribution in [3.8, 4) is 0 Å². The van der Waals surface area contributed by atoms with Gasteiger partial charge in [0.15, 0.2) is 11.6 Å². The van der Waals surface area contributed by atoms with Gasteiger partial charge in [-0.25, -0.2) is 9.37 Å². The van der Waals surface area contributed by atoms with Gasteiger partial charge in [0.05, 0.1) is 25.5 Å². The number of hydrogen-bond acceptors (Lipinski definition) is 5. The third-order valence-corrected chi connectivity index (χ3v) is 3.06. The molecule has 1 fully saturated rings. The van der Waals surface area contributed by atoms with Gasteiger partial charge in [0.2, 0.25) is 5.28 Å². The molecule has 0 radical (unpaired) electrons. The van der Waals surface area contributed by atoms with Crippen molar-refractivity contribution >= 4 is 17.4 Å². The topological polar surface area (TPSA) is 58.5 Å². The number of aliphatic hydroxyl groups excluding tert-OH is 1. The van der Waals surface area contributed by atoms with Crippen LogP contribution in [0.15, 0.2) is 6.20 Å². The van der Waals surface area contributed by atoms with Crippen molar-refractivity contribution in [2.75, 3.05) is 31.2 Å². The van der Waals surface area contributed by atoms with Crippen LogP contribution in [0, 0.1) is 5.82 Å². The van der Waals surface area contributed by atoms with Crippen LogP contribution in [0.25, 0.3) is 0 Å². The predicted molar refractivity (Wildman–Crippen MR) is 65.3 cm³/mol. The van der Waals surface area contributed by atoms with Gasteiger partial charge in [0.25, 0.3) is 0 Å². The SMILES string of the molecule is OCCOC1CCN(c2nc(Cl)ncc2F)CC1. The van der Waals surface area contributed by atoms with Gasteiger partial charge in [-0.1, -0.05) is 0 Å². The average molecular weight is 276 g/mol. The Morgan fingerprint density at radius 1 is 1.50 bits per heavy atom. The summed E-state index contributed by atoms with van der Waals surface area (Å²) in [7, 11) is 0. The molecule has 5 nitrogen and oxygen atoms in total. The third kappa shape index (κ3) is 3.28. The fourth-order valence-corrected chi connectivity index (χ4v) is 2.14. The van der Waals surface area contributed by atoms with Crippen LogP contribution in [0.4, 0.5) is 10.2 Å². The summed E-state index contributed by atoms with van der Waals surface area (Å²) in [6.07, 6.45) is 2.76. The largest absolute Gasteiger partial charge is 0.394 e. The molecule has 1 aliphatic heterocycles. The van der Waals surface area contributed by atoms with E-state index >= 15 is 0 Å². The lowest BCUT2D eigenvalue weighted by molar-refractivity contribution is 0.0157. The molecule has 1 saturated heterocycles. The van der Waals surface area contributed by atoms with Crippen LogP contribution < -0.4 is 4.90 Å². The molecular weight excluding hydrogens is 261 g/mol. The fourth-order valence-electron chi connectivity index (χ4n) is 2.01. The second-order valence-electron chi connectivity index (χ2n) is 4.09. The lowest BCUT2D eigenvalue weighted by Gasteiger charge is -2.32. The zero-order valence-electron chi connectivity index (χ0n) is 9.85. The number of halogens is 2. The molecule has 1 aromatic rings. The molecule has 0 bridgehead atoms. The van der Waals surface area contributed by atoms with E-state index in [-0.39, 0.29) is 23.8 Å². The Bertz CT molecular complexity index is 400. The lowest BCUT2D eigenvalue weighted by atomic mass is 10.1. The normalized spacial score (nSPS) is 17.2. The minimum Gasteiger partial charge on any atom is -0.394 e. The van der Waals surface area contributed by atoms with Gasteiger partial charge in [-0.3, -0.25) is 0 Å². The molecule has 0 atom stereocenters. The van der Waals surface area contributed by atoms with E-state index in [2.05, 4.69) is 9.97 Å². The molecule has 2 rings (SSSR count). The Morgan fingerprint density at radius 3 is 2.89 bits per heavy atom. The molecule has 1 N–H and O–H groups in total. The van der Waals surface area contributed by atoms with Crippen LogP contribution >= 0.6 is 11.6 Å². The summed E-state index contributed by atoms with van der Waals surface area (Å²) in [5.41, 5.74) is 0. The number of rotatable bonds is 4. The molecule has 2 heterocycles. The average Bonchev–Trinajstić information content (AvgIpc) is 2.40. The van der Waals surface area contributed by atoms with Gasteiger partial charge < -0.3 is 14.7 Å². The van der Waals surface area contributed by atoms with Crippen LogP contribution in [0.1, 0.15) is 12.8 Å². The molecular formula is C11H15ClFN3O2. The Morgan fingerprint density at radius 2 is 2.22 bits per heavy atom. The van der Waals surface area contributed by atoms with Crippen LogP contribution in [0.5, 0.6) is 0 Å². The van der Waals surface area contributed by atoms with Crippen LogP contribution in [-0.4, -0.2) is 47.5 Å². The molecule has 7 heteroatoms. The summed E-state index contributed by atoms with van der Waals surface area (Å²) < 4.78 is 19.0. The van der Waals surface area contributed by atoms with E-state index in [0.29, 0.717) is 19.7 Å². The molecule has 1 aliphatic rings. The van der Waals surface area contributed by atoms with Gasteiger partial charge in [-0.2, -0.15) is 4.98 Å². The van der Waals surface area contributed by atoms with Crippen molar-refractivity contribution in [1.29, 1.82) is 0 Å². The van der Waals surface area contributed by atoms with Crippen molar-refractivity contribution in [2.45, 2.75) is 18.9 Å². The fraction of sp³-hybridized carbons (Fsp3) is 0.636. The van der Waals surface area contributed by atoms with Crippen molar-refractivity contribution in [3.63, 3.8) is 0 Å². The molecule has 100 valence electrons. The van der Waals surface area contributed by atoms with E-state index in [1.165, 1.54) is 0 Å². The Labute approximate surface area is 110 Å². The van der Waals surface area contributed by atoms with E-state index in [1.807, 2.05) is 4.90 Å². The zero-order chi connectivity index (χ0) is 13.0. The number of ether oxygens (including phenoxy) is 1. The summed E-state index contributed by atoms with van der Waals surface area (Å²) in [5, 5.41) is 8.72. The molecule has 18 heavy (non-hydrogen) atoms. The molecule has 0 aliphatic carbocycles. The quantitative estimate of drug-likeness (QED) is 0.838. The van der Waals surface area contributed by atoms with Gasteiger partial charge in [0.1, 0.15) is 0 Å². The summed E-state index contributed by atoms with van der Waals surface area (Å²) in [6.45, 7) is 1.68. The van der Waals surface area contributed by atoms with Crippen molar-refractivity contribution < 1.29 is 14.2 Å². The Hall–Kier alpha value is -0.980. The highest BCUT2D eigenvalue weighted by Crippen LogP contribution is 2.22. The molecule has 0 saturated carbocycles. The first-order valence-corrected chi connectivity index (χ1v) is 6.24. The van der Waals surface area contributed by atoms with Crippen molar-refractivity contribution in [2.24, 2.45) is 0 Å². The Balaban J connectivity index is 1.94. The molecule has 0 unspecified atom stereocenters. The standard InChI is InChI=1S/C11H15ClFN3O2/c12-11-14-7-9(13)10(15-11)16-3-1-8(2-4-16)18-6-5-17/h7-8,17H,1-6H2. The lowest BCUT2D eigenvalue weighted by Crippen LogP contribution is -2.38. The van der Waals surface area contributed by atoms with E-state index in [4.69, 9.17) is 21.4 Å². The zero-order valence-corrected chi connectivity index (χ0v) is 10.6. The minimum absolute atomic E-state index is 0.0242. The van der Waals surface area contributed by atoms with Gasteiger partial charge in [-0.05, 0) is 24.4 Å². The maximum absolute atomic E-state index is 13.6. The van der Waals surface area contributed by atoms with Crippen molar-refractivity contribution in [3.05, 3.63) is 17.3 Å². The summed E-state index contributed by atoms with van der Waals surface area (Å²) >= 11 is 5.67. The number of aliphatic hydroxyl groups is 1. The molecule has 1 aromatic heterocycles. The van der Waals surface area contributed by atoms with E-state index < -0.39 is 5.82 Å². The Kier molecular flexibility index (Phi) is 4.68. The monoisotopic (exact) mass is 275 g/mol. The second-order valence-corrected chi connectivity index (χ2v) is 4.43. The predicted octanol–water partition coefficient (Wildman–Crippen LogP) is 1.25. The van der Waals surface area contributed by atoms with Crippen molar-refractivity contribution in [1.82, 2.24) is 9.97 Å². The summed E-state index contributed by atoms with van der Waals surface area (Å²) in [5.74, 6) is -0.218. The number of hydrogen-bond donors (Lipinski definition) is 1. The first-order valence-electron chi connectivity index (χ1n) is 5.86. The van der Waals surface area contributed by atoms with E-state index in [9.17, 15) is 4.39 Å². The second kappa shape index (κ2) is 6.26. The highest BCUT2D eigenvalue weighted by Gasteiger charge is 2.23. The first-order chi connectivity index (χ1) is 8.70. The molecule has 0 spiro atoms. The maximum Gasteiger partial charge on any atom is 0.224 e. The minimum atomic E-state index is -0.464. The smallest absolute Gasteiger partial charge is 0.224 e. The number of anilines is 1. The van der Waals surface area contributed by atoms with Crippen LogP contribution in [0.3, 0.4) is 0 Å².